The van der Waals surface area contributed by atoms with Crippen molar-refractivity contribution in [2.75, 3.05) is 6.61 Å². The lowest BCUT2D eigenvalue weighted by atomic mass is 10.2. The molecule has 0 aliphatic rings. The molecular formula is C23H24N4O3S. The molecule has 7 nitrogen and oxygen atoms in total. The van der Waals surface area contributed by atoms with E-state index in [0.29, 0.717) is 46.7 Å². The highest BCUT2D eigenvalue weighted by atomic mass is 32.2. The summed E-state index contributed by atoms with van der Waals surface area (Å²) in [5.41, 5.74) is 1.54. The molecule has 0 fully saturated rings. The Bertz CT molecular complexity index is 1220. The van der Waals surface area contributed by atoms with Gasteiger partial charge in [-0.05, 0) is 49.7 Å². The number of ether oxygens (including phenoxy) is 1. The van der Waals surface area contributed by atoms with E-state index < -0.39 is 0 Å². The molecule has 0 aliphatic heterocycles. The lowest BCUT2D eigenvalue weighted by Crippen LogP contribution is -2.23. The number of hydrogen-bond acceptors (Lipinski definition) is 7. The smallest absolute Gasteiger partial charge is 0.262 e. The largest absolute Gasteiger partial charge is 0.494 e. The second kappa shape index (κ2) is 9.78. The fourth-order valence-corrected chi connectivity index (χ4v) is 4.06. The standard InChI is InChI=1S/C23H24N4O3S/c1-3-5-14-27-22(28)18-8-6-7-9-19(18)24-23(27)31-15-20-25-21(26-30-20)16-10-12-17(13-11-16)29-4-2/h6-13H,3-5,14-15H2,1-2H3. The molecule has 160 valence electrons. The minimum atomic E-state index is -0.0119. The van der Waals surface area contributed by atoms with Crippen LogP contribution in [0.5, 0.6) is 5.75 Å². The van der Waals surface area contributed by atoms with Gasteiger partial charge in [0.25, 0.3) is 5.56 Å². The zero-order valence-corrected chi connectivity index (χ0v) is 18.4. The van der Waals surface area contributed by atoms with Crippen molar-refractivity contribution < 1.29 is 9.26 Å². The van der Waals surface area contributed by atoms with Crippen LogP contribution in [-0.2, 0) is 12.3 Å². The van der Waals surface area contributed by atoms with Gasteiger partial charge in [-0.15, -0.1) is 0 Å². The molecule has 2 heterocycles. The van der Waals surface area contributed by atoms with E-state index >= 15 is 0 Å². The Balaban J connectivity index is 1.54. The van der Waals surface area contributed by atoms with Crippen molar-refractivity contribution in [1.82, 2.24) is 19.7 Å². The third-order valence-corrected chi connectivity index (χ3v) is 5.74. The molecule has 0 radical (unpaired) electrons. The fraction of sp³-hybridized carbons (Fsp3) is 0.304. The summed E-state index contributed by atoms with van der Waals surface area (Å²) in [6, 6.07) is 15.0. The molecule has 0 atom stereocenters. The summed E-state index contributed by atoms with van der Waals surface area (Å²) in [7, 11) is 0. The number of hydrogen-bond donors (Lipinski definition) is 0. The van der Waals surface area contributed by atoms with E-state index in [1.807, 2.05) is 55.5 Å². The van der Waals surface area contributed by atoms with E-state index in [2.05, 4.69) is 17.1 Å². The van der Waals surface area contributed by atoms with Gasteiger partial charge in [0.1, 0.15) is 5.75 Å². The van der Waals surface area contributed by atoms with Crippen molar-refractivity contribution in [2.45, 2.75) is 44.1 Å². The van der Waals surface area contributed by atoms with Gasteiger partial charge in [-0.3, -0.25) is 9.36 Å². The monoisotopic (exact) mass is 436 g/mol. The first-order chi connectivity index (χ1) is 15.2. The summed E-state index contributed by atoms with van der Waals surface area (Å²) in [5, 5.41) is 5.39. The van der Waals surface area contributed by atoms with Crippen LogP contribution in [0.4, 0.5) is 0 Å². The normalized spacial score (nSPS) is 11.2. The zero-order chi connectivity index (χ0) is 21.6. The van der Waals surface area contributed by atoms with Crippen LogP contribution >= 0.6 is 11.8 Å². The molecule has 0 bridgehead atoms. The molecule has 0 N–H and O–H groups in total. The Hall–Kier alpha value is -3.13. The zero-order valence-electron chi connectivity index (χ0n) is 17.6. The molecule has 2 aromatic heterocycles. The van der Waals surface area contributed by atoms with Gasteiger partial charge in [0.2, 0.25) is 11.7 Å². The second-order valence-electron chi connectivity index (χ2n) is 6.98. The maximum absolute atomic E-state index is 13.0. The molecule has 0 spiro atoms. The number of aromatic nitrogens is 4. The van der Waals surface area contributed by atoms with Gasteiger partial charge in [-0.25, -0.2) is 4.98 Å². The number of benzene rings is 2. The van der Waals surface area contributed by atoms with Crippen LogP contribution in [0.1, 0.15) is 32.6 Å². The Morgan fingerprint density at radius 3 is 2.65 bits per heavy atom. The third-order valence-electron chi connectivity index (χ3n) is 4.78. The number of para-hydroxylation sites is 1. The third kappa shape index (κ3) is 4.80. The van der Waals surface area contributed by atoms with Crippen LogP contribution in [0.25, 0.3) is 22.3 Å². The average molecular weight is 437 g/mol. The number of unbranched alkanes of at least 4 members (excludes halogenated alkanes) is 1. The minimum Gasteiger partial charge on any atom is -0.494 e. The molecular weight excluding hydrogens is 412 g/mol. The molecule has 4 aromatic rings. The van der Waals surface area contributed by atoms with Crippen molar-refractivity contribution in [3.05, 3.63) is 64.8 Å². The van der Waals surface area contributed by atoms with Crippen molar-refractivity contribution in [2.24, 2.45) is 0 Å². The first-order valence-corrected chi connectivity index (χ1v) is 11.4. The fourth-order valence-electron chi connectivity index (χ4n) is 3.20. The van der Waals surface area contributed by atoms with Crippen LogP contribution < -0.4 is 10.3 Å². The van der Waals surface area contributed by atoms with E-state index in [9.17, 15) is 4.79 Å². The molecule has 0 aliphatic carbocycles. The van der Waals surface area contributed by atoms with E-state index in [0.717, 1.165) is 24.2 Å². The quantitative estimate of drug-likeness (QED) is 0.271. The molecule has 4 rings (SSSR count). The summed E-state index contributed by atoms with van der Waals surface area (Å²) in [4.78, 5) is 22.2. The van der Waals surface area contributed by atoms with Crippen LogP contribution in [0.2, 0.25) is 0 Å². The first kappa shape index (κ1) is 21.1. The molecule has 2 aromatic carbocycles. The predicted octanol–water partition coefficient (Wildman–Crippen LogP) is 4.94. The molecule has 0 unspecified atom stereocenters. The Morgan fingerprint density at radius 2 is 1.87 bits per heavy atom. The highest BCUT2D eigenvalue weighted by Gasteiger charge is 2.14. The summed E-state index contributed by atoms with van der Waals surface area (Å²) in [5.74, 6) is 2.24. The number of nitrogens with zero attached hydrogens (tertiary/aromatic N) is 4. The average Bonchev–Trinajstić information content (AvgIpc) is 3.27. The van der Waals surface area contributed by atoms with Crippen LogP contribution in [-0.4, -0.2) is 26.3 Å². The summed E-state index contributed by atoms with van der Waals surface area (Å²) < 4.78 is 12.6. The minimum absolute atomic E-state index is 0.0119. The van der Waals surface area contributed by atoms with Crippen molar-refractivity contribution >= 4 is 22.7 Å². The molecule has 0 saturated carbocycles. The van der Waals surface area contributed by atoms with Gasteiger partial charge in [-0.1, -0.05) is 42.4 Å². The van der Waals surface area contributed by atoms with Crippen molar-refractivity contribution in [1.29, 1.82) is 0 Å². The first-order valence-electron chi connectivity index (χ1n) is 10.4. The SMILES string of the molecule is CCCCn1c(SCc2nc(-c3ccc(OCC)cc3)no2)nc2ccccc2c1=O. The highest BCUT2D eigenvalue weighted by molar-refractivity contribution is 7.98. The maximum atomic E-state index is 13.0. The predicted molar refractivity (Wildman–Crippen MR) is 121 cm³/mol. The number of fused-ring (bicyclic) bond motifs is 1. The van der Waals surface area contributed by atoms with Gasteiger partial charge >= 0.3 is 0 Å². The van der Waals surface area contributed by atoms with Gasteiger partial charge in [0, 0.05) is 12.1 Å². The number of rotatable bonds is 9. The van der Waals surface area contributed by atoms with E-state index in [1.54, 1.807) is 4.57 Å². The second-order valence-corrected chi connectivity index (χ2v) is 7.92. The summed E-state index contributed by atoms with van der Waals surface area (Å²) >= 11 is 1.43. The van der Waals surface area contributed by atoms with Gasteiger partial charge < -0.3 is 9.26 Å². The van der Waals surface area contributed by atoms with Crippen molar-refractivity contribution in [3.63, 3.8) is 0 Å². The van der Waals surface area contributed by atoms with E-state index in [4.69, 9.17) is 14.2 Å². The summed E-state index contributed by atoms with van der Waals surface area (Å²) in [6.07, 6.45) is 1.91. The lowest BCUT2D eigenvalue weighted by molar-refractivity contribution is 0.340. The Morgan fingerprint density at radius 1 is 1.06 bits per heavy atom. The number of thioether (sulfide) groups is 1. The topological polar surface area (TPSA) is 83.0 Å². The van der Waals surface area contributed by atoms with Crippen LogP contribution in [0.3, 0.4) is 0 Å². The van der Waals surface area contributed by atoms with Gasteiger partial charge in [-0.2, -0.15) is 4.98 Å². The molecule has 31 heavy (non-hydrogen) atoms. The van der Waals surface area contributed by atoms with Crippen LogP contribution in [0.15, 0.2) is 63.0 Å². The van der Waals surface area contributed by atoms with Crippen molar-refractivity contribution in [3.8, 4) is 17.1 Å². The lowest BCUT2D eigenvalue weighted by Gasteiger charge is -2.12. The van der Waals surface area contributed by atoms with Crippen LogP contribution in [0, 0.1) is 0 Å². The molecule has 8 heteroatoms. The van der Waals surface area contributed by atoms with Gasteiger partial charge in [0.05, 0.1) is 23.3 Å². The van der Waals surface area contributed by atoms with E-state index in [1.165, 1.54) is 11.8 Å². The Kier molecular flexibility index (Phi) is 6.66. The van der Waals surface area contributed by atoms with E-state index in [-0.39, 0.29) is 5.56 Å². The summed E-state index contributed by atoms with van der Waals surface area (Å²) in [6.45, 7) is 5.31. The van der Waals surface area contributed by atoms with Gasteiger partial charge in [0.15, 0.2) is 5.16 Å². The maximum Gasteiger partial charge on any atom is 0.262 e. The molecule has 0 saturated heterocycles. The highest BCUT2D eigenvalue weighted by Crippen LogP contribution is 2.24. The molecule has 0 amide bonds. The Labute approximate surface area is 184 Å².